The van der Waals surface area contributed by atoms with Crippen LogP contribution in [0.3, 0.4) is 0 Å². The zero-order chi connectivity index (χ0) is 11.5. The van der Waals surface area contributed by atoms with Gasteiger partial charge in [0.05, 0.1) is 12.7 Å². The molecule has 0 aliphatic carbocycles. The van der Waals surface area contributed by atoms with E-state index in [1.807, 2.05) is 18.3 Å². The summed E-state index contributed by atoms with van der Waals surface area (Å²) in [4.78, 5) is 3.88. The number of rotatable bonds is 3. The van der Waals surface area contributed by atoms with Crippen molar-refractivity contribution in [1.82, 2.24) is 4.90 Å². The quantitative estimate of drug-likeness (QED) is 0.876. The minimum Gasteiger partial charge on any atom is -0.374 e. The van der Waals surface area contributed by atoms with Crippen molar-refractivity contribution in [3.63, 3.8) is 0 Å². The number of morpholine rings is 1. The third kappa shape index (κ3) is 2.63. The Morgan fingerprint density at radius 2 is 2.38 bits per heavy atom. The van der Waals surface area contributed by atoms with E-state index in [0.717, 1.165) is 19.7 Å². The van der Waals surface area contributed by atoms with E-state index < -0.39 is 0 Å². The summed E-state index contributed by atoms with van der Waals surface area (Å²) in [6.45, 7) is 7.01. The number of ether oxygens (including phenoxy) is 1. The van der Waals surface area contributed by atoms with Crippen LogP contribution in [0.4, 0.5) is 0 Å². The third-order valence-corrected chi connectivity index (χ3v) is 4.26. The molecule has 1 aliphatic heterocycles. The molecule has 1 aromatic rings. The Morgan fingerprint density at radius 3 is 3.00 bits per heavy atom. The Hall–Kier alpha value is -0.420. The van der Waals surface area contributed by atoms with Gasteiger partial charge in [0, 0.05) is 30.1 Å². The molecule has 3 atom stereocenters. The number of nitrogens with two attached hydrogens (primary N) is 1. The average Bonchev–Trinajstić information content (AvgIpc) is 2.81. The lowest BCUT2D eigenvalue weighted by Gasteiger charge is -2.37. The molecule has 0 bridgehead atoms. The largest absolute Gasteiger partial charge is 0.374 e. The monoisotopic (exact) mass is 240 g/mol. The Labute approximate surface area is 101 Å². The molecule has 2 heterocycles. The van der Waals surface area contributed by atoms with Crippen molar-refractivity contribution in [3.8, 4) is 0 Å². The maximum Gasteiger partial charge on any atom is 0.0850 e. The molecule has 0 aromatic carbocycles. The van der Waals surface area contributed by atoms with E-state index in [9.17, 15) is 0 Å². The van der Waals surface area contributed by atoms with Crippen molar-refractivity contribution in [1.29, 1.82) is 0 Å². The van der Waals surface area contributed by atoms with E-state index in [-0.39, 0.29) is 12.1 Å². The minimum atomic E-state index is 0.110. The highest BCUT2D eigenvalue weighted by molar-refractivity contribution is 7.10. The second-order valence-electron chi connectivity index (χ2n) is 4.45. The minimum absolute atomic E-state index is 0.110. The zero-order valence-corrected chi connectivity index (χ0v) is 10.7. The smallest absolute Gasteiger partial charge is 0.0850 e. The first-order valence-corrected chi connectivity index (χ1v) is 6.71. The highest BCUT2D eigenvalue weighted by atomic mass is 32.1. The van der Waals surface area contributed by atoms with Crippen LogP contribution < -0.4 is 5.73 Å². The fraction of sp³-hybridized carbons (Fsp3) is 0.667. The van der Waals surface area contributed by atoms with Gasteiger partial charge in [0.2, 0.25) is 0 Å². The van der Waals surface area contributed by atoms with Gasteiger partial charge < -0.3 is 10.5 Å². The summed E-state index contributed by atoms with van der Waals surface area (Å²) in [5, 5.41) is 2.13. The predicted octanol–water partition coefficient (Wildman–Crippen LogP) is 1.86. The van der Waals surface area contributed by atoms with Crippen molar-refractivity contribution in [2.45, 2.75) is 32.0 Å². The molecule has 1 aliphatic rings. The molecule has 1 fully saturated rings. The summed E-state index contributed by atoms with van der Waals surface area (Å²) >= 11 is 1.82. The molecule has 0 spiro atoms. The van der Waals surface area contributed by atoms with Crippen LogP contribution in [0.2, 0.25) is 0 Å². The van der Waals surface area contributed by atoms with Crippen molar-refractivity contribution < 1.29 is 4.74 Å². The van der Waals surface area contributed by atoms with Crippen molar-refractivity contribution in [2.75, 3.05) is 19.7 Å². The van der Waals surface area contributed by atoms with E-state index in [2.05, 4.69) is 29.3 Å². The average molecular weight is 240 g/mol. The Bertz CT molecular complexity index is 313. The standard InChI is InChI=1S/C12H20N2OS/c1-9(13)11-8-14(5-6-15-11)10(2)12-4-3-7-16-12/h3-4,7,9-11H,5-6,8,13H2,1-2H3. The highest BCUT2D eigenvalue weighted by Crippen LogP contribution is 2.26. The third-order valence-electron chi connectivity index (χ3n) is 3.21. The van der Waals surface area contributed by atoms with Crippen LogP contribution in [0.25, 0.3) is 0 Å². The van der Waals surface area contributed by atoms with Gasteiger partial charge in [0.15, 0.2) is 0 Å². The zero-order valence-electron chi connectivity index (χ0n) is 9.93. The summed E-state index contributed by atoms with van der Waals surface area (Å²) in [6, 6.07) is 4.90. The van der Waals surface area contributed by atoms with Crippen molar-refractivity contribution in [2.24, 2.45) is 5.73 Å². The summed E-state index contributed by atoms with van der Waals surface area (Å²) in [5.74, 6) is 0. The normalized spacial score (nSPS) is 26.6. The van der Waals surface area contributed by atoms with Gasteiger partial charge in [-0.25, -0.2) is 0 Å². The Balaban J connectivity index is 1.99. The summed E-state index contributed by atoms with van der Waals surface area (Å²) in [6.07, 6.45) is 0.177. The lowest BCUT2D eigenvalue weighted by atomic mass is 10.1. The SMILES string of the molecule is CC(N)C1CN(C(C)c2cccs2)CCO1. The van der Waals surface area contributed by atoms with Crippen LogP contribution in [0.15, 0.2) is 17.5 Å². The summed E-state index contributed by atoms with van der Waals surface area (Å²) in [7, 11) is 0. The maximum absolute atomic E-state index is 5.90. The number of nitrogens with zero attached hydrogens (tertiary/aromatic N) is 1. The number of hydrogen-bond donors (Lipinski definition) is 1. The van der Waals surface area contributed by atoms with E-state index >= 15 is 0 Å². The van der Waals surface area contributed by atoms with Crippen LogP contribution in [0.1, 0.15) is 24.8 Å². The first kappa shape index (κ1) is 12.0. The second-order valence-corrected chi connectivity index (χ2v) is 5.43. The van der Waals surface area contributed by atoms with Crippen molar-refractivity contribution >= 4 is 11.3 Å². The van der Waals surface area contributed by atoms with Crippen molar-refractivity contribution in [3.05, 3.63) is 22.4 Å². The molecule has 4 heteroatoms. The first-order chi connectivity index (χ1) is 7.68. The molecule has 0 radical (unpaired) electrons. The molecule has 0 amide bonds. The van der Waals surface area contributed by atoms with Gasteiger partial charge in [-0.3, -0.25) is 4.90 Å². The molecule has 16 heavy (non-hydrogen) atoms. The van der Waals surface area contributed by atoms with E-state index in [0.29, 0.717) is 6.04 Å². The van der Waals surface area contributed by atoms with Crippen LogP contribution in [-0.2, 0) is 4.74 Å². The first-order valence-electron chi connectivity index (χ1n) is 5.83. The lowest BCUT2D eigenvalue weighted by Crippen LogP contribution is -2.50. The van der Waals surface area contributed by atoms with Gasteiger partial charge >= 0.3 is 0 Å². The van der Waals surface area contributed by atoms with Gasteiger partial charge in [0.25, 0.3) is 0 Å². The topological polar surface area (TPSA) is 38.5 Å². The van der Waals surface area contributed by atoms with Crippen LogP contribution in [0, 0.1) is 0 Å². The molecule has 1 saturated heterocycles. The molecule has 1 aromatic heterocycles. The number of hydrogen-bond acceptors (Lipinski definition) is 4. The van der Waals surface area contributed by atoms with Gasteiger partial charge in [-0.05, 0) is 25.3 Å². The summed E-state index contributed by atoms with van der Waals surface area (Å²) < 4.78 is 5.67. The fourth-order valence-electron chi connectivity index (χ4n) is 2.08. The predicted molar refractivity (Wildman–Crippen MR) is 67.7 cm³/mol. The van der Waals surface area contributed by atoms with Crippen LogP contribution in [0.5, 0.6) is 0 Å². The molecule has 2 rings (SSSR count). The molecule has 0 saturated carbocycles. The maximum atomic E-state index is 5.90. The Kier molecular flexibility index (Phi) is 3.97. The molecule has 3 unspecified atom stereocenters. The highest BCUT2D eigenvalue weighted by Gasteiger charge is 2.27. The lowest BCUT2D eigenvalue weighted by molar-refractivity contribution is -0.0494. The second kappa shape index (κ2) is 5.27. The Morgan fingerprint density at radius 1 is 1.56 bits per heavy atom. The van der Waals surface area contributed by atoms with Gasteiger partial charge in [0.1, 0.15) is 0 Å². The fourth-order valence-corrected chi connectivity index (χ4v) is 2.89. The van der Waals surface area contributed by atoms with Gasteiger partial charge in [-0.1, -0.05) is 6.07 Å². The molecule has 3 nitrogen and oxygen atoms in total. The molecular weight excluding hydrogens is 220 g/mol. The van der Waals surface area contributed by atoms with E-state index in [1.54, 1.807) is 0 Å². The van der Waals surface area contributed by atoms with Crippen LogP contribution >= 0.6 is 11.3 Å². The molecule has 2 N–H and O–H groups in total. The molecule has 90 valence electrons. The van der Waals surface area contributed by atoms with E-state index in [4.69, 9.17) is 10.5 Å². The van der Waals surface area contributed by atoms with Gasteiger partial charge in [-0.2, -0.15) is 0 Å². The van der Waals surface area contributed by atoms with Crippen LogP contribution in [-0.4, -0.2) is 36.7 Å². The number of thiophene rings is 1. The summed E-state index contributed by atoms with van der Waals surface area (Å²) in [5.41, 5.74) is 5.90. The molecular formula is C12H20N2OS. The van der Waals surface area contributed by atoms with Gasteiger partial charge in [-0.15, -0.1) is 11.3 Å². The van der Waals surface area contributed by atoms with E-state index in [1.165, 1.54) is 4.88 Å².